The van der Waals surface area contributed by atoms with E-state index in [1.807, 2.05) is 24.3 Å². The lowest BCUT2D eigenvalue weighted by molar-refractivity contribution is -0.136. The van der Waals surface area contributed by atoms with Crippen molar-refractivity contribution in [2.75, 3.05) is 29.4 Å². The van der Waals surface area contributed by atoms with Crippen LogP contribution >= 0.6 is 0 Å². The van der Waals surface area contributed by atoms with Crippen LogP contribution < -0.4 is 9.80 Å². The van der Waals surface area contributed by atoms with Crippen LogP contribution in [0, 0.1) is 0 Å². The van der Waals surface area contributed by atoms with Crippen LogP contribution in [0.2, 0.25) is 0 Å². The van der Waals surface area contributed by atoms with Gasteiger partial charge in [-0.25, -0.2) is 0 Å². The van der Waals surface area contributed by atoms with Crippen LogP contribution in [0.4, 0.5) is 11.4 Å². The summed E-state index contributed by atoms with van der Waals surface area (Å²) in [6, 6.07) is 7.83. The van der Waals surface area contributed by atoms with E-state index in [0.717, 1.165) is 18.8 Å². The molecule has 1 amide bonds. The van der Waals surface area contributed by atoms with Crippen molar-refractivity contribution in [1.82, 2.24) is 0 Å². The molecule has 1 heterocycles. The highest BCUT2D eigenvalue weighted by Gasteiger charge is 2.17. The van der Waals surface area contributed by atoms with Crippen molar-refractivity contribution < 1.29 is 14.7 Å². The van der Waals surface area contributed by atoms with E-state index >= 15 is 0 Å². The van der Waals surface area contributed by atoms with E-state index in [2.05, 4.69) is 4.90 Å². The Morgan fingerprint density at radius 3 is 2.33 bits per heavy atom. The Hall–Kier alpha value is -2.04. The average molecular weight is 290 g/mol. The van der Waals surface area contributed by atoms with Crippen LogP contribution in [-0.4, -0.2) is 36.6 Å². The molecule has 1 saturated heterocycles. The Bertz CT molecular complexity index is 493. The molecule has 21 heavy (non-hydrogen) atoms. The third-order valence-electron chi connectivity index (χ3n) is 3.79. The molecule has 0 bridgehead atoms. The Kier molecular flexibility index (Phi) is 5.20. The zero-order valence-corrected chi connectivity index (χ0v) is 12.4. The summed E-state index contributed by atoms with van der Waals surface area (Å²) in [6.45, 7) is 4.16. The summed E-state index contributed by atoms with van der Waals surface area (Å²) >= 11 is 0. The van der Waals surface area contributed by atoms with Crippen molar-refractivity contribution >= 4 is 23.3 Å². The normalized spacial score (nSPS) is 14.2. The molecule has 0 atom stereocenters. The molecule has 114 valence electrons. The fourth-order valence-electron chi connectivity index (χ4n) is 2.61. The second kappa shape index (κ2) is 7.11. The van der Waals surface area contributed by atoms with Crippen LogP contribution in [0.25, 0.3) is 0 Å². The Balaban J connectivity index is 2.11. The van der Waals surface area contributed by atoms with Crippen LogP contribution in [0.15, 0.2) is 24.3 Å². The number of anilines is 2. The molecule has 0 radical (unpaired) electrons. The summed E-state index contributed by atoms with van der Waals surface area (Å²) in [4.78, 5) is 26.6. The first-order chi connectivity index (χ1) is 10.1. The van der Waals surface area contributed by atoms with Gasteiger partial charge in [0.1, 0.15) is 0 Å². The molecular formula is C16H22N2O3. The van der Waals surface area contributed by atoms with Gasteiger partial charge in [-0.2, -0.15) is 0 Å². The van der Waals surface area contributed by atoms with Crippen LogP contribution in [0.1, 0.15) is 32.6 Å². The minimum Gasteiger partial charge on any atom is -0.481 e. The number of carbonyl (C=O) groups excluding carboxylic acids is 1. The fraction of sp³-hybridized carbons (Fsp3) is 0.500. The van der Waals surface area contributed by atoms with E-state index in [4.69, 9.17) is 5.11 Å². The van der Waals surface area contributed by atoms with Gasteiger partial charge in [0.15, 0.2) is 0 Å². The first kappa shape index (κ1) is 15.4. The van der Waals surface area contributed by atoms with Gasteiger partial charge >= 0.3 is 5.97 Å². The van der Waals surface area contributed by atoms with E-state index < -0.39 is 5.97 Å². The van der Waals surface area contributed by atoms with Crippen molar-refractivity contribution in [3.05, 3.63) is 24.3 Å². The largest absolute Gasteiger partial charge is 0.481 e. The number of hydrogen-bond acceptors (Lipinski definition) is 3. The minimum absolute atomic E-state index is 0.0420. The van der Waals surface area contributed by atoms with E-state index in [-0.39, 0.29) is 18.9 Å². The maximum absolute atomic E-state index is 12.0. The van der Waals surface area contributed by atoms with E-state index in [1.54, 1.807) is 11.8 Å². The summed E-state index contributed by atoms with van der Waals surface area (Å²) in [5.41, 5.74) is 1.93. The summed E-state index contributed by atoms with van der Waals surface area (Å²) in [7, 11) is 0. The van der Waals surface area contributed by atoms with Gasteiger partial charge in [-0.3, -0.25) is 9.59 Å². The zero-order valence-electron chi connectivity index (χ0n) is 12.4. The Labute approximate surface area is 125 Å². The summed E-state index contributed by atoms with van der Waals surface area (Å²) in [5.74, 6) is -0.942. The highest BCUT2D eigenvalue weighted by atomic mass is 16.4. The quantitative estimate of drug-likeness (QED) is 0.874. The van der Waals surface area contributed by atoms with Gasteiger partial charge in [0.2, 0.25) is 5.91 Å². The molecule has 0 spiro atoms. The van der Waals surface area contributed by atoms with Gasteiger partial charge < -0.3 is 14.9 Å². The molecule has 1 aromatic carbocycles. The molecule has 5 nitrogen and oxygen atoms in total. The number of benzene rings is 1. The summed E-state index contributed by atoms with van der Waals surface area (Å²) in [5, 5.41) is 8.81. The third-order valence-corrected chi connectivity index (χ3v) is 3.79. The standard InChI is InChI=1S/C16H22N2O3/c1-2-15(19)18(12-9-16(20)21)14-7-5-13(6-8-14)17-10-3-4-11-17/h5-8H,2-4,9-12H2,1H3,(H,20,21). The van der Waals surface area contributed by atoms with Gasteiger partial charge in [-0.15, -0.1) is 0 Å². The maximum Gasteiger partial charge on any atom is 0.305 e. The smallest absolute Gasteiger partial charge is 0.305 e. The van der Waals surface area contributed by atoms with Gasteiger partial charge in [-0.1, -0.05) is 6.92 Å². The summed E-state index contributed by atoms with van der Waals surface area (Å²) in [6.07, 6.45) is 2.77. The molecule has 0 saturated carbocycles. The maximum atomic E-state index is 12.0. The van der Waals surface area contributed by atoms with Crippen molar-refractivity contribution in [2.45, 2.75) is 32.6 Å². The van der Waals surface area contributed by atoms with Gasteiger partial charge in [-0.05, 0) is 37.1 Å². The number of hydrogen-bond donors (Lipinski definition) is 1. The lowest BCUT2D eigenvalue weighted by Crippen LogP contribution is -2.32. The molecule has 0 unspecified atom stereocenters. The Morgan fingerprint density at radius 2 is 1.81 bits per heavy atom. The first-order valence-corrected chi connectivity index (χ1v) is 7.49. The molecular weight excluding hydrogens is 268 g/mol. The Morgan fingerprint density at radius 1 is 1.19 bits per heavy atom. The lowest BCUT2D eigenvalue weighted by atomic mass is 10.2. The van der Waals surface area contributed by atoms with Crippen molar-refractivity contribution in [3.8, 4) is 0 Å². The molecule has 5 heteroatoms. The van der Waals surface area contributed by atoms with Crippen molar-refractivity contribution in [2.24, 2.45) is 0 Å². The van der Waals surface area contributed by atoms with Gasteiger partial charge in [0.25, 0.3) is 0 Å². The van der Waals surface area contributed by atoms with E-state index in [9.17, 15) is 9.59 Å². The second-order valence-electron chi connectivity index (χ2n) is 5.25. The van der Waals surface area contributed by atoms with Gasteiger partial charge in [0.05, 0.1) is 6.42 Å². The monoisotopic (exact) mass is 290 g/mol. The fourth-order valence-corrected chi connectivity index (χ4v) is 2.61. The molecule has 1 fully saturated rings. The first-order valence-electron chi connectivity index (χ1n) is 7.49. The van der Waals surface area contributed by atoms with Crippen molar-refractivity contribution in [1.29, 1.82) is 0 Å². The van der Waals surface area contributed by atoms with Crippen molar-refractivity contribution in [3.63, 3.8) is 0 Å². The minimum atomic E-state index is -0.891. The summed E-state index contributed by atoms with van der Waals surface area (Å²) < 4.78 is 0. The van der Waals surface area contributed by atoms with Crippen LogP contribution in [-0.2, 0) is 9.59 Å². The van der Waals surface area contributed by atoms with Crippen LogP contribution in [0.3, 0.4) is 0 Å². The topological polar surface area (TPSA) is 60.9 Å². The molecule has 1 aliphatic heterocycles. The average Bonchev–Trinajstić information content (AvgIpc) is 3.01. The molecule has 0 aromatic heterocycles. The highest BCUT2D eigenvalue weighted by molar-refractivity contribution is 5.93. The molecule has 1 aromatic rings. The zero-order chi connectivity index (χ0) is 15.2. The molecule has 2 rings (SSSR count). The lowest BCUT2D eigenvalue weighted by Gasteiger charge is -2.23. The number of carboxylic acid groups (broad SMARTS) is 1. The predicted octanol–water partition coefficient (Wildman–Crippen LogP) is 2.50. The number of amides is 1. The molecule has 1 N–H and O–H groups in total. The number of nitrogens with zero attached hydrogens (tertiary/aromatic N) is 2. The highest BCUT2D eigenvalue weighted by Crippen LogP contribution is 2.24. The number of carboxylic acids is 1. The molecule has 0 aliphatic carbocycles. The van der Waals surface area contributed by atoms with Gasteiger partial charge in [0, 0.05) is 37.4 Å². The number of aliphatic carboxylic acids is 1. The number of carbonyl (C=O) groups is 2. The van der Waals surface area contributed by atoms with E-state index in [1.165, 1.54) is 18.5 Å². The van der Waals surface area contributed by atoms with Crippen LogP contribution in [0.5, 0.6) is 0 Å². The number of rotatable bonds is 6. The third kappa shape index (κ3) is 3.97. The van der Waals surface area contributed by atoms with E-state index in [0.29, 0.717) is 6.42 Å². The predicted molar refractivity (Wildman–Crippen MR) is 82.8 cm³/mol. The second-order valence-corrected chi connectivity index (χ2v) is 5.25. The molecule has 1 aliphatic rings. The SMILES string of the molecule is CCC(=O)N(CCC(=O)O)c1ccc(N2CCCC2)cc1.